The van der Waals surface area contributed by atoms with Gasteiger partial charge in [-0.3, -0.25) is 0 Å². The van der Waals surface area contributed by atoms with E-state index in [9.17, 15) is 0 Å². The average molecular weight is 295 g/mol. The van der Waals surface area contributed by atoms with Crippen LogP contribution in [0.25, 0.3) is 10.9 Å². The highest BCUT2D eigenvalue weighted by molar-refractivity contribution is 9.10. The molecule has 1 aromatic heterocycles. The molecule has 17 heavy (non-hydrogen) atoms. The first kappa shape index (κ1) is 11.2. The largest absolute Gasteiger partial charge is 0.356 e. The molecule has 3 nitrogen and oxygen atoms in total. The molecule has 0 amide bonds. The summed E-state index contributed by atoms with van der Waals surface area (Å²) >= 11 is 3.52. The third kappa shape index (κ3) is 2.00. The third-order valence-corrected chi connectivity index (χ3v) is 3.78. The molecule has 0 N–H and O–H groups in total. The molecule has 0 aliphatic carbocycles. The Kier molecular flexibility index (Phi) is 2.92. The summed E-state index contributed by atoms with van der Waals surface area (Å²) in [6.07, 6.45) is 3.55. The quantitative estimate of drug-likeness (QED) is 0.800. The lowest BCUT2D eigenvalue weighted by Gasteiger charge is -2.23. The van der Waals surface area contributed by atoms with Gasteiger partial charge in [0.05, 0.1) is 11.2 Å². The summed E-state index contributed by atoms with van der Waals surface area (Å²) in [7, 11) is 0. The molecule has 4 heteroatoms. The molecule has 0 saturated carbocycles. The number of aromatic nitrogens is 2. The predicted octanol–water partition coefficient (Wildman–Crippen LogP) is 3.81. The molecule has 1 atom stereocenters. The molecule has 1 fully saturated rings. The molecule has 90 valence electrons. The number of halogens is 1. The summed E-state index contributed by atoms with van der Waals surface area (Å²) < 4.78 is 8.93. The van der Waals surface area contributed by atoms with Crippen LogP contribution < -0.4 is 0 Å². The van der Waals surface area contributed by atoms with Gasteiger partial charge in [0, 0.05) is 16.5 Å². The van der Waals surface area contributed by atoms with Gasteiger partial charge in [0.15, 0.2) is 6.23 Å². The van der Waals surface area contributed by atoms with Crippen LogP contribution in [0.5, 0.6) is 0 Å². The zero-order valence-corrected chi connectivity index (χ0v) is 11.4. The lowest BCUT2D eigenvalue weighted by molar-refractivity contribution is -0.0368. The van der Waals surface area contributed by atoms with Crippen LogP contribution in [0.4, 0.5) is 0 Å². The van der Waals surface area contributed by atoms with Crippen molar-refractivity contribution >= 4 is 26.8 Å². The maximum atomic E-state index is 5.81. The highest BCUT2D eigenvalue weighted by atomic mass is 79.9. The number of benzene rings is 1. The van der Waals surface area contributed by atoms with Gasteiger partial charge in [-0.15, -0.1) is 0 Å². The van der Waals surface area contributed by atoms with E-state index < -0.39 is 0 Å². The first-order valence-electron chi connectivity index (χ1n) is 6.02. The van der Waals surface area contributed by atoms with Crippen molar-refractivity contribution in [2.24, 2.45) is 0 Å². The summed E-state index contributed by atoms with van der Waals surface area (Å²) in [4.78, 5) is 0. The second kappa shape index (κ2) is 4.42. The van der Waals surface area contributed by atoms with Gasteiger partial charge in [0.1, 0.15) is 0 Å². The summed E-state index contributed by atoms with van der Waals surface area (Å²) in [6.45, 7) is 2.90. The first-order valence-corrected chi connectivity index (χ1v) is 6.81. The number of nitrogens with zero attached hydrogens (tertiary/aromatic N) is 2. The van der Waals surface area contributed by atoms with Gasteiger partial charge in [0.2, 0.25) is 0 Å². The Morgan fingerprint density at radius 2 is 2.29 bits per heavy atom. The van der Waals surface area contributed by atoms with Crippen molar-refractivity contribution in [1.82, 2.24) is 9.78 Å². The standard InChI is InChI=1S/C13H15BrN2O/c1-9-11-6-5-10(14)8-12(11)16(15-9)13-4-2-3-7-17-13/h5-6,8,13H,2-4,7H2,1H3/t13-/m1/s1. The number of ether oxygens (including phenoxy) is 1. The Hall–Kier alpha value is -0.870. The van der Waals surface area contributed by atoms with Crippen molar-refractivity contribution in [1.29, 1.82) is 0 Å². The molecule has 1 aromatic carbocycles. The summed E-state index contributed by atoms with van der Waals surface area (Å²) in [5, 5.41) is 5.84. The lowest BCUT2D eigenvalue weighted by Crippen LogP contribution is -2.19. The van der Waals surface area contributed by atoms with Gasteiger partial charge < -0.3 is 4.74 Å². The molecule has 0 bridgehead atoms. The van der Waals surface area contributed by atoms with Crippen molar-refractivity contribution in [2.75, 3.05) is 6.61 Å². The molecular formula is C13H15BrN2O. The van der Waals surface area contributed by atoms with Crippen molar-refractivity contribution in [3.05, 3.63) is 28.4 Å². The van der Waals surface area contributed by atoms with E-state index in [0.29, 0.717) is 0 Å². The molecule has 3 rings (SSSR count). The van der Waals surface area contributed by atoms with E-state index in [2.05, 4.69) is 46.2 Å². The minimum Gasteiger partial charge on any atom is -0.356 e. The minimum atomic E-state index is 0.106. The van der Waals surface area contributed by atoms with Gasteiger partial charge in [-0.05, 0) is 44.4 Å². The van der Waals surface area contributed by atoms with Crippen molar-refractivity contribution < 1.29 is 4.74 Å². The van der Waals surface area contributed by atoms with Crippen LogP contribution >= 0.6 is 15.9 Å². The van der Waals surface area contributed by atoms with Gasteiger partial charge in [-0.2, -0.15) is 5.10 Å². The fourth-order valence-electron chi connectivity index (χ4n) is 2.41. The van der Waals surface area contributed by atoms with E-state index in [1.54, 1.807) is 0 Å². The van der Waals surface area contributed by atoms with Crippen molar-refractivity contribution in [2.45, 2.75) is 32.4 Å². The average Bonchev–Trinajstić information content (AvgIpc) is 2.67. The zero-order chi connectivity index (χ0) is 11.8. The Labute approximate surface area is 109 Å². The number of fused-ring (bicyclic) bond motifs is 1. The minimum absolute atomic E-state index is 0.106. The second-order valence-corrected chi connectivity index (χ2v) is 5.43. The fourth-order valence-corrected chi connectivity index (χ4v) is 2.75. The van der Waals surface area contributed by atoms with Crippen molar-refractivity contribution in [3.63, 3.8) is 0 Å². The van der Waals surface area contributed by atoms with Gasteiger partial charge in [-0.1, -0.05) is 15.9 Å². The molecular weight excluding hydrogens is 280 g/mol. The Bertz CT molecular complexity index is 544. The lowest BCUT2D eigenvalue weighted by atomic mass is 10.2. The van der Waals surface area contributed by atoms with Crippen LogP contribution in [0.3, 0.4) is 0 Å². The SMILES string of the molecule is Cc1nn([C@H]2CCCCO2)c2cc(Br)ccc12. The van der Waals surface area contributed by atoms with Crippen LogP contribution in [0.1, 0.15) is 31.2 Å². The molecule has 0 radical (unpaired) electrons. The first-order chi connectivity index (χ1) is 8.25. The van der Waals surface area contributed by atoms with E-state index >= 15 is 0 Å². The van der Waals surface area contributed by atoms with E-state index in [-0.39, 0.29) is 6.23 Å². The van der Waals surface area contributed by atoms with Crippen LogP contribution in [0.2, 0.25) is 0 Å². The molecule has 1 saturated heterocycles. The predicted molar refractivity (Wildman–Crippen MR) is 71.0 cm³/mol. The van der Waals surface area contributed by atoms with Crippen LogP contribution in [0, 0.1) is 6.92 Å². The van der Waals surface area contributed by atoms with Crippen LogP contribution in [0.15, 0.2) is 22.7 Å². The smallest absolute Gasteiger partial charge is 0.150 e. The van der Waals surface area contributed by atoms with E-state index in [1.165, 1.54) is 18.2 Å². The Morgan fingerprint density at radius 3 is 3.06 bits per heavy atom. The normalized spacial score (nSPS) is 20.9. The number of hydrogen-bond donors (Lipinski definition) is 0. The van der Waals surface area contributed by atoms with E-state index in [1.807, 2.05) is 4.68 Å². The summed E-state index contributed by atoms with van der Waals surface area (Å²) in [6, 6.07) is 6.29. The van der Waals surface area contributed by atoms with Crippen LogP contribution in [-0.2, 0) is 4.74 Å². The number of rotatable bonds is 1. The fraction of sp³-hybridized carbons (Fsp3) is 0.462. The van der Waals surface area contributed by atoms with Gasteiger partial charge >= 0.3 is 0 Å². The molecule has 2 heterocycles. The Morgan fingerprint density at radius 1 is 1.41 bits per heavy atom. The maximum absolute atomic E-state index is 5.81. The third-order valence-electron chi connectivity index (χ3n) is 3.28. The van der Waals surface area contributed by atoms with Gasteiger partial charge in [-0.25, -0.2) is 4.68 Å². The van der Waals surface area contributed by atoms with Gasteiger partial charge in [0.25, 0.3) is 0 Å². The molecule has 0 spiro atoms. The van der Waals surface area contributed by atoms with Crippen molar-refractivity contribution in [3.8, 4) is 0 Å². The number of hydrogen-bond acceptors (Lipinski definition) is 2. The molecule has 2 aromatic rings. The Balaban J connectivity index is 2.11. The summed E-state index contributed by atoms with van der Waals surface area (Å²) in [5.41, 5.74) is 2.23. The van der Waals surface area contributed by atoms with Crippen LogP contribution in [-0.4, -0.2) is 16.4 Å². The van der Waals surface area contributed by atoms with E-state index in [4.69, 9.17) is 4.74 Å². The monoisotopic (exact) mass is 294 g/mol. The number of aryl methyl sites for hydroxylation is 1. The van der Waals surface area contributed by atoms with E-state index in [0.717, 1.165) is 28.7 Å². The summed E-state index contributed by atoms with van der Waals surface area (Å²) in [5.74, 6) is 0. The second-order valence-electron chi connectivity index (χ2n) is 4.51. The zero-order valence-electron chi connectivity index (χ0n) is 9.82. The maximum Gasteiger partial charge on any atom is 0.150 e. The molecule has 1 aliphatic heterocycles. The molecule has 1 aliphatic rings. The highest BCUT2D eigenvalue weighted by Gasteiger charge is 2.19. The highest BCUT2D eigenvalue weighted by Crippen LogP contribution is 2.29. The topological polar surface area (TPSA) is 27.1 Å². The molecule has 0 unspecified atom stereocenters.